The van der Waals surface area contributed by atoms with Gasteiger partial charge in [-0.15, -0.1) is 0 Å². The molecule has 1 atom stereocenters. The minimum Gasteiger partial charge on any atom is -0.484 e. The topological polar surface area (TPSA) is 58.6 Å². The van der Waals surface area contributed by atoms with E-state index in [9.17, 15) is 4.79 Å². The Hall–Kier alpha value is -1.26. The largest absolute Gasteiger partial charge is 0.484 e. The number of rotatable bonds is 8. The molecule has 0 fully saturated rings. The molecule has 2 N–H and O–H groups in total. The van der Waals surface area contributed by atoms with Gasteiger partial charge in [0.1, 0.15) is 5.75 Å². The van der Waals surface area contributed by atoms with Crippen LogP contribution in [-0.4, -0.2) is 30.8 Å². The van der Waals surface area contributed by atoms with Crippen LogP contribution < -0.4 is 10.1 Å². The van der Waals surface area contributed by atoms with Crippen molar-refractivity contribution in [2.24, 2.45) is 5.92 Å². The predicted octanol–water partition coefficient (Wildman–Crippen LogP) is 2.55. The second-order valence-corrected chi connectivity index (χ2v) is 5.23. The number of aliphatic hydroxyl groups excluding tert-OH is 1. The van der Waals surface area contributed by atoms with E-state index in [1.807, 2.05) is 13.8 Å². The third-order valence-corrected chi connectivity index (χ3v) is 3.43. The standard InChI is InChI=1S/C15H22ClNO3/c1-3-12(6-7-18)9-17-15(19)10-20-14-5-4-13(16)8-11(14)2/h4-5,8,12,18H,3,6-7,9-10H2,1-2H3,(H,17,19). The van der Waals surface area contributed by atoms with E-state index >= 15 is 0 Å². The summed E-state index contributed by atoms with van der Waals surface area (Å²) in [5.41, 5.74) is 0.900. The van der Waals surface area contributed by atoms with Gasteiger partial charge in [-0.1, -0.05) is 24.9 Å². The Labute approximate surface area is 125 Å². The molecule has 0 radical (unpaired) electrons. The molecule has 20 heavy (non-hydrogen) atoms. The predicted molar refractivity (Wildman–Crippen MR) is 80.2 cm³/mol. The third-order valence-electron chi connectivity index (χ3n) is 3.20. The number of benzene rings is 1. The van der Waals surface area contributed by atoms with Crippen LogP contribution in [0, 0.1) is 12.8 Å². The van der Waals surface area contributed by atoms with Gasteiger partial charge in [-0.05, 0) is 43.0 Å². The Kier molecular flexibility index (Phi) is 7.41. The molecule has 5 heteroatoms. The summed E-state index contributed by atoms with van der Waals surface area (Å²) in [5, 5.41) is 12.4. The van der Waals surface area contributed by atoms with Crippen molar-refractivity contribution in [1.82, 2.24) is 5.32 Å². The number of hydrogen-bond acceptors (Lipinski definition) is 3. The monoisotopic (exact) mass is 299 g/mol. The first-order valence-electron chi connectivity index (χ1n) is 6.83. The highest BCUT2D eigenvalue weighted by atomic mass is 35.5. The van der Waals surface area contributed by atoms with Crippen LogP contribution >= 0.6 is 11.6 Å². The molecule has 1 amide bonds. The highest BCUT2D eigenvalue weighted by molar-refractivity contribution is 6.30. The van der Waals surface area contributed by atoms with Crippen LogP contribution in [0.2, 0.25) is 5.02 Å². The van der Waals surface area contributed by atoms with Gasteiger partial charge in [-0.3, -0.25) is 4.79 Å². The second kappa shape index (κ2) is 8.82. The Balaban J connectivity index is 2.36. The lowest BCUT2D eigenvalue weighted by Gasteiger charge is -2.15. The molecule has 1 rings (SSSR count). The van der Waals surface area contributed by atoms with E-state index in [0.29, 0.717) is 29.7 Å². The number of aryl methyl sites for hydroxylation is 1. The van der Waals surface area contributed by atoms with Gasteiger partial charge >= 0.3 is 0 Å². The number of halogens is 1. The molecule has 4 nitrogen and oxygen atoms in total. The zero-order chi connectivity index (χ0) is 15.0. The van der Waals surface area contributed by atoms with Crippen LogP contribution in [0.5, 0.6) is 5.75 Å². The zero-order valence-corrected chi connectivity index (χ0v) is 12.7. The molecule has 0 saturated heterocycles. The van der Waals surface area contributed by atoms with Crippen LogP contribution in [0.15, 0.2) is 18.2 Å². The smallest absolute Gasteiger partial charge is 0.257 e. The van der Waals surface area contributed by atoms with Crippen molar-refractivity contribution in [3.8, 4) is 5.75 Å². The fourth-order valence-electron chi connectivity index (χ4n) is 1.86. The molecule has 1 aromatic carbocycles. The van der Waals surface area contributed by atoms with Crippen molar-refractivity contribution < 1.29 is 14.6 Å². The Morgan fingerprint density at radius 1 is 1.50 bits per heavy atom. The molecule has 0 saturated carbocycles. The normalized spacial score (nSPS) is 12.0. The minimum atomic E-state index is -0.157. The molecule has 0 aliphatic heterocycles. The maximum absolute atomic E-state index is 11.7. The Morgan fingerprint density at radius 3 is 2.85 bits per heavy atom. The number of ether oxygens (including phenoxy) is 1. The lowest BCUT2D eigenvalue weighted by atomic mass is 10.0. The van der Waals surface area contributed by atoms with Crippen LogP contribution in [0.1, 0.15) is 25.3 Å². The number of carbonyl (C=O) groups is 1. The summed E-state index contributed by atoms with van der Waals surface area (Å²) in [6.07, 6.45) is 1.63. The van der Waals surface area contributed by atoms with E-state index in [4.69, 9.17) is 21.4 Å². The maximum atomic E-state index is 11.7. The first kappa shape index (κ1) is 16.8. The molecule has 0 bridgehead atoms. The second-order valence-electron chi connectivity index (χ2n) is 4.79. The van der Waals surface area contributed by atoms with Gasteiger partial charge in [0.05, 0.1) is 0 Å². The van der Waals surface area contributed by atoms with Crippen LogP contribution in [0.4, 0.5) is 0 Å². The molecule has 0 aliphatic rings. The first-order chi connectivity index (χ1) is 9.56. The number of amides is 1. The SMILES string of the molecule is CCC(CCO)CNC(=O)COc1ccc(Cl)cc1C. The van der Waals surface area contributed by atoms with Crippen LogP contribution in [0.25, 0.3) is 0 Å². The van der Waals surface area contributed by atoms with Gasteiger partial charge in [0.15, 0.2) is 6.61 Å². The average molecular weight is 300 g/mol. The molecule has 0 spiro atoms. The average Bonchev–Trinajstić information content (AvgIpc) is 2.42. The Bertz CT molecular complexity index is 437. The molecule has 0 heterocycles. The van der Waals surface area contributed by atoms with E-state index in [1.54, 1.807) is 18.2 Å². The van der Waals surface area contributed by atoms with Gasteiger partial charge < -0.3 is 15.2 Å². The molecule has 112 valence electrons. The number of aliphatic hydroxyl groups is 1. The zero-order valence-electron chi connectivity index (χ0n) is 12.0. The molecule has 1 aromatic rings. The van der Waals surface area contributed by atoms with E-state index in [2.05, 4.69) is 5.32 Å². The summed E-state index contributed by atoms with van der Waals surface area (Å²) in [4.78, 5) is 11.7. The molecular formula is C15H22ClNO3. The molecule has 0 aliphatic carbocycles. The van der Waals surface area contributed by atoms with Crippen molar-refractivity contribution in [3.63, 3.8) is 0 Å². The molecule has 0 aromatic heterocycles. The van der Waals surface area contributed by atoms with Gasteiger partial charge in [-0.25, -0.2) is 0 Å². The van der Waals surface area contributed by atoms with Crippen molar-refractivity contribution >= 4 is 17.5 Å². The van der Waals surface area contributed by atoms with Crippen LogP contribution in [-0.2, 0) is 4.79 Å². The highest BCUT2D eigenvalue weighted by Crippen LogP contribution is 2.21. The molecular weight excluding hydrogens is 278 g/mol. The van der Waals surface area contributed by atoms with Crippen molar-refractivity contribution in [2.75, 3.05) is 19.8 Å². The van der Waals surface area contributed by atoms with E-state index in [1.165, 1.54) is 0 Å². The number of hydrogen-bond donors (Lipinski definition) is 2. The van der Waals surface area contributed by atoms with Gasteiger partial charge in [0, 0.05) is 18.2 Å². The highest BCUT2D eigenvalue weighted by Gasteiger charge is 2.09. The number of carbonyl (C=O) groups excluding carboxylic acids is 1. The minimum absolute atomic E-state index is 0.0158. The van der Waals surface area contributed by atoms with E-state index in [-0.39, 0.29) is 19.1 Å². The van der Waals surface area contributed by atoms with Gasteiger partial charge in [0.2, 0.25) is 0 Å². The summed E-state index contributed by atoms with van der Waals surface area (Å²) in [6, 6.07) is 5.28. The fourth-order valence-corrected chi connectivity index (χ4v) is 2.09. The van der Waals surface area contributed by atoms with Gasteiger partial charge in [0.25, 0.3) is 5.91 Å². The Morgan fingerprint density at radius 2 is 2.25 bits per heavy atom. The van der Waals surface area contributed by atoms with Gasteiger partial charge in [-0.2, -0.15) is 0 Å². The van der Waals surface area contributed by atoms with E-state index < -0.39 is 0 Å². The maximum Gasteiger partial charge on any atom is 0.257 e. The summed E-state index contributed by atoms with van der Waals surface area (Å²) >= 11 is 5.85. The summed E-state index contributed by atoms with van der Waals surface area (Å²) in [6.45, 7) is 4.62. The van der Waals surface area contributed by atoms with Crippen molar-refractivity contribution in [3.05, 3.63) is 28.8 Å². The first-order valence-corrected chi connectivity index (χ1v) is 7.21. The van der Waals surface area contributed by atoms with Crippen molar-refractivity contribution in [2.45, 2.75) is 26.7 Å². The third kappa shape index (κ3) is 5.80. The molecule has 1 unspecified atom stereocenters. The van der Waals surface area contributed by atoms with Crippen LogP contribution in [0.3, 0.4) is 0 Å². The summed E-state index contributed by atoms with van der Waals surface area (Å²) < 4.78 is 5.46. The van der Waals surface area contributed by atoms with Crippen molar-refractivity contribution in [1.29, 1.82) is 0 Å². The summed E-state index contributed by atoms with van der Waals surface area (Å²) in [5.74, 6) is 0.809. The lowest BCUT2D eigenvalue weighted by molar-refractivity contribution is -0.123. The quantitative estimate of drug-likeness (QED) is 0.775. The van der Waals surface area contributed by atoms with E-state index in [0.717, 1.165) is 12.0 Å². The summed E-state index contributed by atoms with van der Waals surface area (Å²) in [7, 11) is 0. The lowest BCUT2D eigenvalue weighted by Crippen LogP contribution is -2.33. The number of nitrogens with one attached hydrogen (secondary N) is 1. The fraction of sp³-hybridized carbons (Fsp3) is 0.533.